The maximum atomic E-state index is 11.5. The number of alkyl halides is 1. The summed E-state index contributed by atoms with van der Waals surface area (Å²) in [5.74, 6) is 0.0926. The number of amidine groups is 1. The molecule has 1 aliphatic rings. The minimum absolute atomic E-state index is 0.0926. The van der Waals surface area contributed by atoms with E-state index in [-0.39, 0.29) is 11.0 Å². The van der Waals surface area contributed by atoms with Crippen LogP contribution in [-0.2, 0) is 0 Å². The molecule has 0 N–H and O–H groups in total. The molecule has 0 fully saturated rings. The Hall–Kier alpha value is -0.570. The molecular weight excluding hydrogens is 131 g/mol. The van der Waals surface area contributed by atoms with E-state index in [2.05, 4.69) is 16.5 Å². The van der Waals surface area contributed by atoms with Crippen molar-refractivity contribution in [3.05, 3.63) is 11.4 Å². The second-order valence-electron chi connectivity index (χ2n) is 1.18. The Labute approximate surface area is 51.1 Å². The van der Waals surface area contributed by atoms with Crippen molar-refractivity contribution < 1.29 is 4.39 Å². The van der Waals surface area contributed by atoms with Crippen LogP contribution < -0.4 is 5.32 Å². The normalized spacial score (nSPS) is 17.2. The fourth-order valence-corrected chi connectivity index (χ4v) is 0.474. The van der Waals surface area contributed by atoms with E-state index in [1.807, 2.05) is 0 Å². The highest BCUT2D eigenvalue weighted by Gasteiger charge is 2.06. The van der Waals surface area contributed by atoms with Crippen molar-refractivity contribution in [2.24, 2.45) is 4.99 Å². The second-order valence-corrected chi connectivity index (χ2v) is 1.53. The van der Waals surface area contributed by atoms with Crippen molar-refractivity contribution in [2.45, 2.75) is 0 Å². The SMILES string of the molecule is FCC1=NC(Cl)=[C][N]1. The van der Waals surface area contributed by atoms with Crippen LogP contribution in [0, 0.1) is 6.20 Å². The Morgan fingerprint density at radius 3 is 2.75 bits per heavy atom. The molecule has 2 nitrogen and oxygen atoms in total. The van der Waals surface area contributed by atoms with E-state index in [4.69, 9.17) is 11.6 Å². The van der Waals surface area contributed by atoms with E-state index in [1.54, 1.807) is 0 Å². The van der Waals surface area contributed by atoms with E-state index in [0.29, 0.717) is 0 Å². The monoisotopic (exact) mass is 132 g/mol. The fraction of sp³-hybridized carbons (Fsp3) is 0.250. The van der Waals surface area contributed by atoms with Crippen molar-refractivity contribution in [3.63, 3.8) is 0 Å². The van der Waals surface area contributed by atoms with Gasteiger partial charge in [0.25, 0.3) is 0 Å². The molecule has 0 saturated carbocycles. The third-order valence-electron chi connectivity index (χ3n) is 0.624. The van der Waals surface area contributed by atoms with Crippen molar-refractivity contribution >= 4 is 17.4 Å². The molecule has 1 aliphatic heterocycles. The van der Waals surface area contributed by atoms with E-state index < -0.39 is 6.67 Å². The molecule has 42 valence electrons. The Morgan fingerprint density at radius 2 is 2.50 bits per heavy atom. The van der Waals surface area contributed by atoms with Crippen LogP contribution in [0.15, 0.2) is 10.1 Å². The van der Waals surface area contributed by atoms with Gasteiger partial charge in [0, 0.05) is 0 Å². The van der Waals surface area contributed by atoms with Gasteiger partial charge in [-0.1, -0.05) is 11.6 Å². The van der Waals surface area contributed by atoms with Crippen molar-refractivity contribution in [1.82, 2.24) is 5.32 Å². The van der Waals surface area contributed by atoms with Crippen LogP contribution >= 0.6 is 11.6 Å². The minimum atomic E-state index is -0.677. The summed E-state index contributed by atoms with van der Waals surface area (Å²) < 4.78 is 11.5. The average molecular weight is 133 g/mol. The van der Waals surface area contributed by atoms with Crippen LogP contribution in [0.1, 0.15) is 0 Å². The molecule has 0 aromatic carbocycles. The lowest BCUT2D eigenvalue weighted by atomic mass is 10.7. The molecule has 4 heteroatoms. The fourth-order valence-electron chi connectivity index (χ4n) is 0.334. The number of rotatable bonds is 1. The summed E-state index contributed by atoms with van der Waals surface area (Å²) in [6.07, 6.45) is 2.28. The van der Waals surface area contributed by atoms with Gasteiger partial charge in [0.2, 0.25) is 0 Å². The summed E-state index contributed by atoms with van der Waals surface area (Å²) >= 11 is 5.24. The quantitative estimate of drug-likeness (QED) is 0.472. The summed E-state index contributed by atoms with van der Waals surface area (Å²) in [5.41, 5.74) is 0. The number of hydrogen-bond donors (Lipinski definition) is 0. The zero-order valence-corrected chi connectivity index (χ0v) is 4.61. The predicted molar refractivity (Wildman–Crippen MR) is 28.2 cm³/mol. The zero-order chi connectivity index (χ0) is 5.98. The molecule has 0 spiro atoms. The van der Waals surface area contributed by atoms with Crippen molar-refractivity contribution in [3.8, 4) is 0 Å². The van der Waals surface area contributed by atoms with Crippen LogP contribution in [-0.4, -0.2) is 12.5 Å². The van der Waals surface area contributed by atoms with Gasteiger partial charge in [0.1, 0.15) is 12.9 Å². The smallest absolute Gasteiger partial charge is 0.162 e. The lowest BCUT2D eigenvalue weighted by Crippen LogP contribution is -2.07. The Bertz CT molecular complexity index is 152. The molecular formula is C4H2ClFN2. The predicted octanol–water partition coefficient (Wildman–Crippen LogP) is 0.813. The first-order valence-corrected chi connectivity index (χ1v) is 2.33. The molecule has 0 saturated heterocycles. The van der Waals surface area contributed by atoms with Crippen molar-refractivity contribution in [1.29, 1.82) is 0 Å². The van der Waals surface area contributed by atoms with Crippen LogP contribution in [0.3, 0.4) is 0 Å². The number of aliphatic imine (C=N–C) groups is 1. The topological polar surface area (TPSA) is 26.5 Å². The summed E-state index contributed by atoms with van der Waals surface area (Å²) in [6, 6.07) is 0. The second kappa shape index (κ2) is 2.13. The van der Waals surface area contributed by atoms with Crippen LogP contribution in [0.4, 0.5) is 4.39 Å². The number of nitrogens with zero attached hydrogens (tertiary/aromatic N) is 2. The largest absolute Gasteiger partial charge is 0.242 e. The Morgan fingerprint density at radius 1 is 1.75 bits per heavy atom. The standard InChI is InChI=1S/C4H2ClFN2/c5-3-2-7-4(1-6)8-3/h1H2. The van der Waals surface area contributed by atoms with Gasteiger partial charge in [-0.3, -0.25) is 0 Å². The summed E-state index contributed by atoms with van der Waals surface area (Å²) in [4.78, 5) is 3.45. The van der Waals surface area contributed by atoms with E-state index in [0.717, 1.165) is 0 Å². The summed E-state index contributed by atoms with van der Waals surface area (Å²) in [6.45, 7) is -0.677. The maximum Gasteiger partial charge on any atom is 0.162 e. The zero-order valence-electron chi connectivity index (χ0n) is 3.86. The lowest BCUT2D eigenvalue weighted by molar-refractivity contribution is 0.575. The molecule has 1 rings (SSSR count). The molecule has 0 unspecified atom stereocenters. The molecule has 1 heterocycles. The summed E-state index contributed by atoms with van der Waals surface area (Å²) in [7, 11) is 0. The van der Waals surface area contributed by atoms with Gasteiger partial charge in [0.05, 0.1) is 0 Å². The number of halogens is 2. The third kappa shape index (κ3) is 0.980. The molecule has 0 aromatic rings. The van der Waals surface area contributed by atoms with Crippen molar-refractivity contribution in [2.75, 3.05) is 6.67 Å². The van der Waals surface area contributed by atoms with Crippen LogP contribution in [0.25, 0.3) is 0 Å². The molecule has 2 radical (unpaired) electrons. The average Bonchev–Trinajstić information content (AvgIpc) is 2.14. The van der Waals surface area contributed by atoms with Gasteiger partial charge in [-0.05, 0) is 0 Å². The minimum Gasteiger partial charge on any atom is -0.242 e. The molecule has 0 bridgehead atoms. The maximum absolute atomic E-state index is 11.5. The number of hydrogen-bond acceptors (Lipinski definition) is 1. The van der Waals surface area contributed by atoms with E-state index in [1.165, 1.54) is 0 Å². The first-order valence-electron chi connectivity index (χ1n) is 1.95. The highest BCUT2D eigenvalue weighted by molar-refractivity contribution is 6.30. The first kappa shape index (κ1) is 5.56. The van der Waals surface area contributed by atoms with Gasteiger partial charge in [-0.15, -0.1) is 0 Å². The van der Waals surface area contributed by atoms with Crippen LogP contribution in [0.2, 0.25) is 0 Å². The Balaban J connectivity index is 2.56. The van der Waals surface area contributed by atoms with Gasteiger partial charge in [-0.2, -0.15) is 0 Å². The van der Waals surface area contributed by atoms with Gasteiger partial charge in [-0.25, -0.2) is 14.7 Å². The first-order chi connectivity index (χ1) is 3.83. The van der Waals surface area contributed by atoms with E-state index >= 15 is 0 Å². The summed E-state index contributed by atoms with van der Waals surface area (Å²) in [5, 5.41) is 3.51. The van der Waals surface area contributed by atoms with E-state index in [9.17, 15) is 4.39 Å². The molecule has 0 atom stereocenters. The molecule has 0 aliphatic carbocycles. The highest BCUT2D eigenvalue weighted by Crippen LogP contribution is 2.06. The van der Waals surface area contributed by atoms with Gasteiger partial charge < -0.3 is 0 Å². The highest BCUT2D eigenvalue weighted by atomic mass is 35.5. The van der Waals surface area contributed by atoms with Crippen LogP contribution in [0.5, 0.6) is 0 Å². The molecule has 0 amide bonds. The Kier molecular flexibility index (Phi) is 1.48. The van der Waals surface area contributed by atoms with Gasteiger partial charge in [0.15, 0.2) is 11.0 Å². The molecule has 8 heavy (non-hydrogen) atoms. The van der Waals surface area contributed by atoms with Gasteiger partial charge >= 0.3 is 0 Å². The third-order valence-corrected chi connectivity index (χ3v) is 0.793. The molecule has 0 aromatic heterocycles. The lowest BCUT2D eigenvalue weighted by Gasteiger charge is -1.83.